The van der Waals surface area contributed by atoms with Crippen LogP contribution in [0.4, 0.5) is 0 Å². The topological polar surface area (TPSA) is 72.7 Å². The molecule has 4 nitrogen and oxygen atoms in total. The fraction of sp³-hybridized carbons (Fsp3) is 0.455. The first kappa shape index (κ1) is 13.4. The predicted octanol–water partition coefficient (Wildman–Crippen LogP) is 0.446. The third-order valence-electron chi connectivity index (χ3n) is 2.37. The molecule has 0 radical (unpaired) electrons. The molecule has 0 spiro atoms. The van der Waals surface area contributed by atoms with E-state index in [-0.39, 0.29) is 13.2 Å². The van der Waals surface area contributed by atoms with E-state index in [4.69, 9.17) is 16.7 Å². The highest BCUT2D eigenvalue weighted by molar-refractivity contribution is 6.30. The molecule has 0 saturated heterocycles. The molecule has 0 amide bonds. The number of hydrogen-bond donors (Lipinski definition) is 4. The summed E-state index contributed by atoms with van der Waals surface area (Å²) in [5.41, 5.74) is 1.02. The van der Waals surface area contributed by atoms with Crippen LogP contribution in [0.3, 0.4) is 0 Å². The van der Waals surface area contributed by atoms with E-state index >= 15 is 0 Å². The third-order valence-corrected chi connectivity index (χ3v) is 2.61. The lowest BCUT2D eigenvalue weighted by molar-refractivity contribution is 0.0191. The number of nitrogens with one attached hydrogen (secondary N) is 1. The Bertz CT molecular complexity index is 346. The van der Waals surface area contributed by atoms with Gasteiger partial charge >= 0.3 is 0 Å². The van der Waals surface area contributed by atoms with Crippen LogP contribution in [0.25, 0.3) is 0 Å². The first-order chi connectivity index (χ1) is 7.60. The quantitative estimate of drug-likeness (QED) is 0.608. The Hall–Kier alpha value is -0.650. The van der Waals surface area contributed by atoms with Gasteiger partial charge in [0.1, 0.15) is 6.10 Å². The van der Waals surface area contributed by atoms with Gasteiger partial charge in [-0.15, -0.1) is 0 Å². The molecule has 0 aliphatic carbocycles. The maximum atomic E-state index is 9.88. The molecule has 2 unspecified atom stereocenters. The number of hydrogen-bond acceptors (Lipinski definition) is 4. The largest absolute Gasteiger partial charge is 0.392 e. The van der Waals surface area contributed by atoms with Crippen LogP contribution in [0.5, 0.6) is 0 Å². The maximum Gasteiger partial charge on any atom is 0.106 e. The minimum absolute atomic E-state index is 0.223. The summed E-state index contributed by atoms with van der Waals surface area (Å²) in [5, 5.41) is 31.9. The smallest absolute Gasteiger partial charge is 0.106 e. The molecule has 0 aromatic heterocycles. The van der Waals surface area contributed by atoms with Crippen LogP contribution in [-0.2, 0) is 6.61 Å². The lowest BCUT2D eigenvalue weighted by Gasteiger charge is -2.20. The second kappa shape index (κ2) is 6.18. The van der Waals surface area contributed by atoms with Crippen molar-refractivity contribution in [2.75, 3.05) is 13.6 Å². The maximum absolute atomic E-state index is 9.88. The summed E-state index contributed by atoms with van der Waals surface area (Å²) < 4.78 is 0. The Morgan fingerprint density at radius 1 is 1.38 bits per heavy atom. The highest BCUT2D eigenvalue weighted by Crippen LogP contribution is 2.24. The van der Waals surface area contributed by atoms with Crippen LogP contribution in [0.1, 0.15) is 17.2 Å². The molecular formula is C11H16ClNO3. The van der Waals surface area contributed by atoms with Gasteiger partial charge in [-0.25, -0.2) is 0 Å². The van der Waals surface area contributed by atoms with Crippen LogP contribution in [-0.4, -0.2) is 35.0 Å². The van der Waals surface area contributed by atoms with Gasteiger partial charge in [0.25, 0.3) is 0 Å². The molecule has 16 heavy (non-hydrogen) atoms. The van der Waals surface area contributed by atoms with E-state index < -0.39 is 12.2 Å². The van der Waals surface area contributed by atoms with Gasteiger partial charge in [0.15, 0.2) is 0 Å². The van der Waals surface area contributed by atoms with E-state index in [9.17, 15) is 10.2 Å². The molecule has 4 N–H and O–H groups in total. The molecule has 0 bridgehead atoms. The van der Waals surface area contributed by atoms with E-state index in [1.165, 1.54) is 0 Å². The molecule has 1 aromatic rings. The van der Waals surface area contributed by atoms with Crippen molar-refractivity contribution in [3.63, 3.8) is 0 Å². The van der Waals surface area contributed by atoms with E-state index in [0.717, 1.165) is 0 Å². The van der Waals surface area contributed by atoms with Gasteiger partial charge in [0, 0.05) is 11.6 Å². The van der Waals surface area contributed by atoms with E-state index in [1.807, 2.05) is 0 Å². The highest BCUT2D eigenvalue weighted by atomic mass is 35.5. The Morgan fingerprint density at radius 3 is 2.62 bits per heavy atom. The van der Waals surface area contributed by atoms with E-state index in [0.29, 0.717) is 16.1 Å². The lowest BCUT2D eigenvalue weighted by atomic mass is 9.99. The van der Waals surface area contributed by atoms with Crippen molar-refractivity contribution < 1.29 is 15.3 Å². The number of benzene rings is 1. The van der Waals surface area contributed by atoms with Crippen LogP contribution in [0, 0.1) is 0 Å². The normalized spacial score (nSPS) is 14.8. The summed E-state index contributed by atoms with van der Waals surface area (Å²) in [4.78, 5) is 0. The standard InChI is InChI=1S/C11H16ClNO3/c1-13-5-10(15)11(16)9-3-2-8(12)4-7(9)6-14/h2-4,10-11,13-16H,5-6H2,1H3. The van der Waals surface area contributed by atoms with Gasteiger partial charge < -0.3 is 20.6 Å². The first-order valence-electron chi connectivity index (χ1n) is 5.00. The van der Waals surface area contributed by atoms with E-state index in [1.54, 1.807) is 25.2 Å². The van der Waals surface area contributed by atoms with Gasteiger partial charge in [-0.2, -0.15) is 0 Å². The van der Waals surface area contributed by atoms with Crippen molar-refractivity contribution in [2.24, 2.45) is 0 Å². The van der Waals surface area contributed by atoms with Gasteiger partial charge in [-0.05, 0) is 30.3 Å². The van der Waals surface area contributed by atoms with Crippen LogP contribution >= 0.6 is 11.6 Å². The Balaban J connectivity index is 2.93. The van der Waals surface area contributed by atoms with Gasteiger partial charge in [-0.3, -0.25) is 0 Å². The van der Waals surface area contributed by atoms with Crippen molar-refractivity contribution >= 4 is 11.6 Å². The minimum Gasteiger partial charge on any atom is -0.392 e. The van der Waals surface area contributed by atoms with Crippen molar-refractivity contribution in [3.05, 3.63) is 34.3 Å². The zero-order valence-electron chi connectivity index (χ0n) is 9.02. The van der Waals surface area contributed by atoms with E-state index in [2.05, 4.69) is 5.32 Å². The van der Waals surface area contributed by atoms with Crippen LogP contribution < -0.4 is 5.32 Å². The Labute approximate surface area is 99.5 Å². The summed E-state index contributed by atoms with van der Waals surface area (Å²) in [7, 11) is 1.69. The summed E-state index contributed by atoms with van der Waals surface area (Å²) in [6.07, 6.45) is -1.96. The van der Waals surface area contributed by atoms with Gasteiger partial charge in [0.05, 0.1) is 12.7 Å². The monoisotopic (exact) mass is 245 g/mol. The zero-order valence-corrected chi connectivity index (χ0v) is 9.78. The molecule has 0 heterocycles. The molecular weight excluding hydrogens is 230 g/mol. The molecule has 0 aliphatic heterocycles. The van der Waals surface area contributed by atoms with Crippen molar-refractivity contribution in [2.45, 2.75) is 18.8 Å². The molecule has 1 aromatic carbocycles. The number of halogens is 1. The summed E-state index contributed by atoms with van der Waals surface area (Å²) in [5.74, 6) is 0. The second-order valence-electron chi connectivity index (χ2n) is 3.57. The highest BCUT2D eigenvalue weighted by Gasteiger charge is 2.20. The van der Waals surface area contributed by atoms with Crippen molar-refractivity contribution in [1.29, 1.82) is 0 Å². The van der Waals surface area contributed by atoms with Gasteiger partial charge in [0.2, 0.25) is 0 Å². The fourth-order valence-corrected chi connectivity index (χ4v) is 1.72. The first-order valence-corrected chi connectivity index (χ1v) is 5.37. The molecule has 0 fully saturated rings. The second-order valence-corrected chi connectivity index (χ2v) is 4.01. The average Bonchev–Trinajstić information content (AvgIpc) is 2.28. The molecule has 5 heteroatoms. The van der Waals surface area contributed by atoms with Crippen LogP contribution in [0.2, 0.25) is 5.02 Å². The van der Waals surface area contributed by atoms with Crippen LogP contribution in [0.15, 0.2) is 18.2 Å². The number of likely N-dealkylation sites (N-methyl/N-ethyl adjacent to an activating group) is 1. The van der Waals surface area contributed by atoms with Crippen molar-refractivity contribution in [1.82, 2.24) is 5.32 Å². The average molecular weight is 246 g/mol. The molecule has 1 rings (SSSR count). The fourth-order valence-electron chi connectivity index (χ4n) is 1.53. The molecule has 2 atom stereocenters. The number of rotatable bonds is 5. The third kappa shape index (κ3) is 3.17. The van der Waals surface area contributed by atoms with Gasteiger partial charge in [-0.1, -0.05) is 17.7 Å². The zero-order chi connectivity index (χ0) is 12.1. The molecule has 90 valence electrons. The summed E-state index contributed by atoms with van der Waals surface area (Å²) >= 11 is 5.77. The number of aliphatic hydroxyl groups is 3. The Morgan fingerprint density at radius 2 is 2.06 bits per heavy atom. The van der Waals surface area contributed by atoms with Crippen molar-refractivity contribution in [3.8, 4) is 0 Å². The lowest BCUT2D eigenvalue weighted by Crippen LogP contribution is -2.30. The molecule has 0 aliphatic rings. The summed E-state index contributed by atoms with van der Waals surface area (Å²) in [6, 6.07) is 4.80. The predicted molar refractivity (Wildman–Crippen MR) is 62.3 cm³/mol. The SMILES string of the molecule is CNCC(O)C(O)c1ccc(Cl)cc1CO. The summed E-state index contributed by atoms with van der Waals surface area (Å²) in [6.45, 7) is 0.0495. The minimum atomic E-state index is -1.04. The Kier molecular flexibility index (Phi) is 5.18. The molecule has 0 saturated carbocycles. The number of aliphatic hydroxyl groups excluding tert-OH is 3.